The van der Waals surface area contributed by atoms with Crippen molar-refractivity contribution in [3.8, 4) is 11.5 Å². The summed E-state index contributed by atoms with van der Waals surface area (Å²) in [7, 11) is 3.25. The van der Waals surface area contributed by atoms with Crippen molar-refractivity contribution in [2.45, 2.75) is 26.4 Å². The number of methoxy groups -OCH3 is 2. The van der Waals surface area contributed by atoms with Crippen LogP contribution in [-0.2, 0) is 6.54 Å². The molecule has 0 bridgehead atoms. The normalized spacial score (nSPS) is 11.1. The number of nitrogens with zero attached hydrogens (tertiary/aromatic N) is 2. The van der Waals surface area contributed by atoms with Crippen molar-refractivity contribution < 1.29 is 9.47 Å². The van der Waals surface area contributed by atoms with Gasteiger partial charge in [0.2, 0.25) is 0 Å². The van der Waals surface area contributed by atoms with Crippen LogP contribution in [0.25, 0.3) is 11.0 Å². The van der Waals surface area contributed by atoms with Crippen LogP contribution in [-0.4, -0.2) is 29.0 Å². The van der Waals surface area contributed by atoms with Gasteiger partial charge in [-0.25, -0.2) is 4.98 Å². The molecule has 0 atom stereocenters. The van der Waals surface area contributed by atoms with E-state index >= 15 is 0 Å². The molecule has 0 aliphatic heterocycles. The predicted octanol–water partition coefficient (Wildman–Crippen LogP) is 2.93. The summed E-state index contributed by atoms with van der Waals surface area (Å²) in [6.07, 6.45) is 0. The Bertz CT molecular complexity index is 943. The first-order valence-corrected chi connectivity index (χ1v) is 8.09. The van der Waals surface area contributed by atoms with Crippen LogP contribution < -0.4 is 20.3 Å². The molecule has 0 amide bonds. The lowest BCUT2D eigenvalue weighted by molar-refractivity contribution is 0.391. The molecular formula is C18H22N4O3. The number of fused-ring (bicyclic) bond motifs is 1. The number of ether oxygens (including phenoxy) is 2. The molecule has 0 aliphatic carbocycles. The van der Waals surface area contributed by atoms with Crippen LogP contribution in [0.2, 0.25) is 0 Å². The van der Waals surface area contributed by atoms with E-state index in [0.29, 0.717) is 23.4 Å². The molecule has 7 nitrogen and oxygen atoms in total. The zero-order chi connectivity index (χ0) is 18.0. The number of H-pyrrole nitrogens is 1. The lowest BCUT2D eigenvalue weighted by Crippen LogP contribution is -2.08. The smallest absolute Gasteiger partial charge is 0.273 e. The van der Waals surface area contributed by atoms with Gasteiger partial charge in [-0.2, -0.15) is 0 Å². The second-order valence-electron chi connectivity index (χ2n) is 6.00. The highest BCUT2D eigenvalue weighted by Gasteiger charge is 2.11. The number of nitrogens with one attached hydrogen (secondary N) is 2. The Morgan fingerprint density at radius 1 is 1.20 bits per heavy atom. The largest absolute Gasteiger partial charge is 0.497 e. The molecule has 7 heteroatoms. The number of aromatic amines is 1. The number of hydrogen-bond acceptors (Lipinski definition) is 5. The van der Waals surface area contributed by atoms with Gasteiger partial charge in [0.05, 0.1) is 19.6 Å². The van der Waals surface area contributed by atoms with E-state index in [1.807, 2.05) is 32.0 Å². The van der Waals surface area contributed by atoms with Gasteiger partial charge in [0.1, 0.15) is 17.3 Å². The van der Waals surface area contributed by atoms with Crippen molar-refractivity contribution >= 4 is 16.9 Å². The Morgan fingerprint density at radius 3 is 2.68 bits per heavy atom. The lowest BCUT2D eigenvalue weighted by Gasteiger charge is -2.12. The van der Waals surface area contributed by atoms with Crippen LogP contribution in [0.4, 0.5) is 5.82 Å². The second kappa shape index (κ2) is 6.88. The standard InChI is InChI=1S/C18H22N4O3/c1-11(2)22-17-14(18(23)21-22)7-8-16(20-17)19-10-12-5-6-13(24-3)9-15(12)25-4/h5-9,11H,10H2,1-4H3,(H,19,20)(H,21,23). The van der Waals surface area contributed by atoms with E-state index in [-0.39, 0.29) is 11.6 Å². The minimum Gasteiger partial charge on any atom is -0.497 e. The van der Waals surface area contributed by atoms with E-state index in [2.05, 4.69) is 15.4 Å². The first-order valence-electron chi connectivity index (χ1n) is 8.09. The third-order valence-corrected chi connectivity index (χ3v) is 4.04. The molecule has 3 rings (SSSR count). The van der Waals surface area contributed by atoms with E-state index in [1.165, 1.54) is 0 Å². The fourth-order valence-corrected chi connectivity index (χ4v) is 2.69. The van der Waals surface area contributed by atoms with Crippen molar-refractivity contribution in [1.29, 1.82) is 0 Å². The average molecular weight is 342 g/mol. The van der Waals surface area contributed by atoms with Gasteiger partial charge in [0, 0.05) is 24.2 Å². The molecular weight excluding hydrogens is 320 g/mol. The van der Waals surface area contributed by atoms with E-state index in [0.717, 1.165) is 17.1 Å². The number of hydrogen-bond donors (Lipinski definition) is 2. The lowest BCUT2D eigenvalue weighted by atomic mass is 10.2. The van der Waals surface area contributed by atoms with Crippen LogP contribution in [0.1, 0.15) is 25.5 Å². The Labute approximate surface area is 145 Å². The van der Waals surface area contributed by atoms with Crippen molar-refractivity contribution in [3.63, 3.8) is 0 Å². The summed E-state index contributed by atoms with van der Waals surface area (Å²) >= 11 is 0. The summed E-state index contributed by atoms with van der Waals surface area (Å²) in [5.74, 6) is 2.18. The molecule has 0 aliphatic rings. The maximum Gasteiger partial charge on any atom is 0.273 e. The van der Waals surface area contributed by atoms with Crippen LogP contribution >= 0.6 is 0 Å². The van der Waals surface area contributed by atoms with Gasteiger partial charge in [0.15, 0.2) is 5.65 Å². The first kappa shape index (κ1) is 16.9. The Hall–Kier alpha value is -2.96. The van der Waals surface area contributed by atoms with Crippen LogP contribution in [0.15, 0.2) is 35.1 Å². The highest BCUT2D eigenvalue weighted by Crippen LogP contribution is 2.25. The Kier molecular flexibility index (Phi) is 4.65. The number of rotatable bonds is 6. The van der Waals surface area contributed by atoms with Gasteiger partial charge < -0.3 is 14.8 Å². The minimum atomic E-state index is -0.125. The quantitative estimate of drug-likeness (QED) is 0.720. The molecule has 2 heterocycles. The maximum atomic E-state index is 12.0. The fraction of sp³-hybridized carbons (Fsp3) is 0.333. The van der Waals surface area contributed by atoms with E-state index in [4.69, 9.17) is 9.47 Å². The van der Waals surface area contributed by atoms with E-state index in [1.54, 1.807) is 31.0 Å². The Morgan fingerprint density at radius 2 is 2.00 bits per heavy atom. The summed E-state index contributed by atoms with van der Waals surface area (Å²) in [5, 5.41) is 6.68. The maximum absolute atomic E-state index is 12.0. The topological polar surface area (TPSA) is 81.2 Å². The molecule has 0 saturated carbocycles. The average Bonchev–Trinajstić information content (AvgIpc) is 2.96. The zero-order valence-corrected chi connectivity index (χ0v) is 14.8. The summed E-state index contributed by atoms with van der Waals surface area (Å²) < 4.78 is 12.4. The molecule has 0 saturated heterocycles. The summed E-state index contributed by atoms with van der Waals surface area (Å²) in [6, 6.07) is 9.39. The van der Waals surface area contributed by atoms with Gasteiger partial charge in [-0.05, 0) is 38.1 Å². The first-order chi connectivity index (χ1) is 12.0. The highest BCUT2D eigenvalue weighted by atomic mass is 16.5. The molecule has 2 N–H and O–H groups in total. The summed E-state index contributed by atoms with van der Waals surface area (Å²) in [4.78, 5) is 16.5. The SMILES string of the molecule is COc1ccc(CNc2ccc3c(=O)[nH]n(C(C)C)c3n2)c(OC)c1. The van der Waals surface area contributed by atoms with Crippen molar-refractivity contribution in [1.82, 2.24) is 14.8 Å². The highest BCUT2D eigenvalue weighted by molar-refractivity contribution is 5.76. The molecule has 132 valence electrons. The minimum absolute atomic E-state index is 0.120. The monoisotopic (exact) mass is 342 g/mol. The molecule has 0 unspecified atom stereocenters. The van der Waals surface area contributed by atoms with Crippen molar-refractivity contribution in [2.24, 2.45) is 0 Å². The second-order valence-corrected chi connectivity index (χ2v) is 6.00. The van der Waals surface area contributed by atoms with E-state index in [9.17, 15) is 4.79 Å². The molecule has 3 aromatic rings. The number of pyridine rings is 1. The third kappa shape index (κ3) is 3.31. The van der Waals surface area contributed by atoms with Gasteiger partial charge in [-0.3, -0.25) is 14.6 Å². The number of benzene rings is 1. The van der Waals surface area contributed by atoms with Gasteiger partial charge in [-0.15, -0.1) is 0 Å². The van der Waals surface area contributed by atoms with Crippen LogP contribution in [0.5, 0.6) is 11.5 Å². The number of aromatic nitrogens is 3. The molecule has 0 fully saturated rings. The van der Waals surface area contributed by atoms with Crippen LogP contribution in [0.3, 0.4) is 0 Å². The predicted molar refractivity (Wildman–Crippen MR) is 97.6 cm³/mol. The molecule has 25 heavy (non-hydrogen) atoms. The van der Waals surface area contributed by atoms with Crippen molar-refractivity contribution in [2.75, 3.05) is 19.5 Å². The van der Waals surface area contributed by atoms with Crippen molar-refractivity contribution in [3.05, 3.63) is 46.2 Å². The Balaban J connectivity index is 1.86. The van der Waals surface area contributed by atoms with Gasteiger partial charge in [0.25, 0.3) is 5.56 Å². The third-order valence-electron chi connectivity index (χ3n) is 4.04. The summed E-state index contributed by atoms with van der Waals surface area (Å²) in [5.41, 5.74) is 1.51. The van der Waals surface area contributed by atoms with Gasteiger partial charge >= 0.3 is 0 Å². The number of anilines is 1. The summed E-state index contributed by atoms with van der Waals surface area (Å²) in [6.45, 7) is 4.54. The van der Waals surface area contributed by atoms with Crippen LogP contribution in [0, 0.1) is 0 Å². The molecule has 2 aromatic heterocycles. The van der Waals surface area contributed by atoms with Gasteiger partial charge in [-0.1, -0.05) is 0 Å². The molecule has 0 spiro atoms. The molecule has 0 radical (unpaired) electrons. The zero-order valence-electron chi connectivity index (χ0n) is 14.8. The van der Waals surface area contributed by atoms with E-state index < -0.39 is 0 Å². The fourth-order valence-electron chi connectivity index (χ4n) is 2.69. The molecule has 1 aromatic carbocycles.